The molecule has 2 fully saturated rings. The highest BCUT2D eigenvalue weighted by Gasteiger charge is 2.44. The first kappa shape index (κ1) is 16.8. The average Bonchev–Trinajstić information content (AvgIpc) is 3.38. The largest absolute Gasteiger partial charge is 0.351 e. The van der Waals surface area contributed by atoms with Crippen LogP contribution in [0.5, 0.6) is 0 Å². The number of carbonyl (C=O) groups excluding carboxylic acids is 2. The van der Waals surface area contributed by atoms with Crippen LogP contribution in [-0.4, -0.2) is 29.8 Å². The van der Waals surface area contributed by atoms with Crippen LogP contribution in [0.3, 0.4) is 0 Å². The van der Waals surface area contributed by atoms with Crippen LogP contribution in [0, 0.1) is 0 Å². The molecule has 2 amide bonds. The Morgan fingerprint density at radius 3 is 2.58 bits per heavy atom. The van der Waals surface area contributed by atoms with Gasteiger partial charge >= 0.3 is 0 Å². The average molecular weight is 348 g/mol. The molecule has 1 saturated carbocycles. The van der Waals surface area contributed by atoms with Gasteiger partial charge in [0.05, 0.1) is 0 Å². The van der Waals surface area contributed by atoms with Crippen molar-refractivity contribution in [3.63, 3.8) is 0 Å². The van der Waals surface area contributed by atoms with Gasteiger partial charge in [-0.1, -0.05) is 42.5 Å². The topological polar surface area (TPSA) is 49.4 Å². The van der Waals surface area contributed by atoms with Gasteiger partial charge in [0.1, 0.15) is 0 Å². The smallest absolute Gasteiger partial charge is 0.251 e. The fourth-order valence-electron chi connectivity index (χ4n) is 3.76. The summed E-state index contributed by atoms with van der Waals surface area (Å²) in [4.78, 5) is 26.3. The first-order valence-corrected chi connectivity index (χ1v) is 9.37. The fraction of sp³-hybridized carbons (Fsp3) is 0.364. The van der Waals surface area contributed by atoms with Gasteiger partial charge in [-0.25, -0.2) is 0 Å². The summed E-state index contributed by atoms with van der Waals surface area (Å²) >= 11 is 0. The third-order valence-corrected chi connectivity index (χ3v) is 5.56. The van der Waals surface area contributed by atoms with Crippen molar-refractivity contribution in [3.8, 4) is 0 Å². The molecule has 1 N–H and O–H groups in total. The molecular formula is C22H24N2O2. The molecule has 4 nitrogen and oxygen atoms in total. The molecule has 2 aliphatic rings. The van der Waals surface area contributed by atoms with E-state index in [-0.39, 0.29) is 17.2 Å². The molecule has 1 saturated heterocycles. The van der Waals surface area contributed by atoms with E-state index in [1.165, 1.54) is 5.56 Å². The van der Waals surface area contributed by atoms with E-state index in [0.29, 0.717) is 25.1 Å². The number of nitrogens with zero attached hydrogens (tertiary/aromatic N) is 1. The molecule has 0 radical (unpaired) electrons. The lowest BCUT2D eigenvalue weighted by Crippen LogP contribution is -2.32. The fourth-order valence-corrected chi connectivity index (χ4v) is 3.76. The normalized spacial score (nSPS) is 18.0. The minimum atomic E-state index is -0.0400. The molecule has 4 rings (SSSR count). The molecular weight excluding hydrogens is 324 g/mol. The van der Waals surface area contributed by atoms with Crippen LogP contribution < -0.4 is 5.32 Å². The van der Waals surface area contributed by atoms with Crippen molar-refractivity contribution < 1.29 is 9.59 Å². The third-order valence-electron chi connectivity index (χ3n) is 5.56. The molecule has 0 spiro atoms. The minimum absolute atomic E-state index is 0.0400. The molecule has 4 heteroatoms. The van der Waals surface area contributed by atoms with E-state index in [1.54, 1.807) is 0 Å². The summed E-state index contributed by atoms with van der Waals surface area (Å²) < 4.78 is 0. The van der Waals surface area contributed by atoms with E-state index in [9.17, 15) is 9.59 Å². The number of hydrogen-bond donors (Lipinski definition) is 1. The van der Waals surface area contributed by atoms with Crippen LogP contribution in [0.15, 0.2) is 54.6 Å². The van der Waals surface area contributed by atoms with Crippen LogP contribution in [-0.2, 0) is 16.8 Å². The van der Waals surface area contributed by atoms with Gasteiger partial charge in [-0.15, -0.1) is 0 Å². The van der Waals surface area contributed by atoms with Gasteiger partial charge in [-0.05, 0) is 42.5 Å². The summed E-state index contributed by atoms with van der Waals surface area (Å²) in [6, 6.07) is 18.1. The van der Waals surface area contributed by atoms with E-state index >= 15 is 0 Å². The van der Waals surface area contributed by atoms with Gasteiger partial charge in [-0.3, -0.25) is 9.59 Å². The minimum Gasteiger partial charge on any atom is -0.351 e. The van der Waals surface area contributed by atoms with Crippen molar-refractivity contribution in [2.24, 2.45) is 0 Å². The standard InChI is InChI=1S/C22H24N2O2/c25-20-10-5-13-24(20)15-17-6-4-7-18(14-17)21(26)23-16-22(11-12-22)19-8-2-1-3-9-19/h1-4,6-9,14H,5,10-13,15-16H2,(H,23,26). The Bertz CT molecular complexity index is 812. The van der Waals surface area contributed by atoms with Gasteiger partial charge in [0.15, 0.2) is 0 Å². The molecule has 2 aromatic rings. The Hall–Kier alpha value is -2.62. The number of amides is 2. The Kier molecular flexibility index (Phi) is 4.49. The van der Waals surface area contributed by atoms with Crippen molar-refractivity contribution >= 4 is 11.8 Å². The van der Waals surface area contributed by atoms with E-state index in [0.717, 1.165) is 31.4 Å². The summed E-state index contributed by atoms with van der Waals surface area (Å²) in [5.74, 6) is 0.167. The SMILES string of the molecule is O=C(NCC1(c2ccccc2)CC1)c1cccc(CN2CCCC2=O)c1. The van der Waals surface area contributed by atoms with Crippen molar-refractivity contribution in [1.82, 2.24) is 10.2 Å². The lowest BCUT2D eigenvalue weighted by molar-refractivity contribution is -0.128. The van der Waals surface area contributed by atoms with Gasteiger partial charge in [0.2, 0.25) is 5.91 Å². The van der Waals surface area contributed by atoms with Crippen LogP contribution in [0.4, 0.5) is 0 Å². The predicted octanol–water partition coefficient (Wildman–Crippen LogP) is 3.27. The van der Waals surface area contributed by atoms with Crippen molar-refractivity contribution in [2.45, 2.75) is 37.6 Å². The Balaban J connectivity index is 1.39. The van der Waals surface area contributed by atoms with Gasteiger partial charge in [0, 0.05) is 37.0 Å². The summed E-state index contributed by atoms with van der Waals surface area (Å²) in [7, 11) is 0. The quantitative estimate of drug-likeness (QED) is 0.871. The number of likely N-dealkylation sites (tertiary alicyclic amines) is 1. The number of benzene rings is 2. The summed E-state index contributed by atoms with van der Waals surface area (Å²) in [5.41, 5.74) is 3.09. The highest BCUT2D eigenvalue weighted by Crippen LogP contribution is 2.47. The zero-order valence-corrected chi connectivity index (χ0v) is 14.9. The molecule has 1 aliphatic heterocycles. The van der Waals surface area contributed by atoms with E-state index < -0.39 is 0 Å². The Morgan fingerprint density at radius 1 is 1.08 bits per heavy atom. The highest BCUT2D eigenvalue weighted by atomic mass is 16.2. The lowest BCUT2D eigenvalue weighted by atomic mass is 9.96. The molecule has 26 heavy (non-hydrogen) atoms. The molecule has 2 aromatic carbocycles. The van der Waals surface area contributed by atoms with Gasteiger partial charge in [0.25, 0.3) is 5.91 Å². The van der Waals surface area contributed by atoms with E-state index in [4.69, 9.17) is 0 Å². The molecule has 0 bridgehead atoms. The van der Waals surface area contributed by atoms with E-state index in [1.807, 2.05) is 35.2 Å². The lowest BCUT2D eigenvalue weighted by Gasteiger charge is -2.18. The molecule has 1 aliphatic carbocycles. The summed E-state index contributed by atoms with van der Waals surface area (Å²) in [5, 5.41) is 3.11. The second-order valence-electron chi connectivity index (χ2n) is 7.45. The van der Waals surface area contributed by atoms with Crippen LogP contribution >= 0.6 is 0 Å². The van der Waals surface area contributed by atoms with Gasteiger partial charge in [-0.2, -0.15) is 0 Å². The number of nitrogens with one attached hydrogen (secondary N) is 1. The Labute approximate surface area is 154 Å². The zero-order valence-electron chi connectivity index (χ0n) is 14.9. The van der Waals surface area contributed by atoms with Crippen LogP contribution in [0.25, 0.3) is 0 Å². The second kappa shape index (κ2) is 6.94. The maximum Gasteiger partial charge on any atom is 0.251 e. The van der Waals surface area contributed by atoms with Crippen molar-refractivity contribution in [2.75, 3.05) is 13.1 Å². The summed E-state index contributed by atoms with van der Waals surface area (Å²) in [6.07, 6.45) is 3.81. The number of hydrogen-bond acceptors (Lipinski definition) is 2. The van der Waals surface area contributed by atoms with Crippen LogP contribution in [0.2, 0.25) is 0 Å². The molecule has 134 valence electrons. The molecule has 1 heterocycles. The maximum absolute atomic E-state index is 12.6. The van der Waals surface area contributed by atoms with Crippen molar-refractivity contribution in [1.29, 1.82) is 0 Å². The van der Waals surface area contributed by atoms with E-state index in [2.05, 4.69) is 29.6 Å². The monoisotopic (exact) mass is 348 g/mol. The number of rotatable bonds is 6. The second-order valence-corrected chi connectivity index (χ2v) is 7.45. The third kappa shape index (κ3) is 3.50. The summed E-state index contributed by atoms with van der Waals surface area (Å²) in [6.45, 7) is 2.08. The molecule has 0 aromatic heterocycles. The molecule has 0 unspecified atom stereocenters. The van der Waals surface area contributed by atoms with Gasteiger partial charge < -0.3 is 10.2 Å². The first-order chi connectivity index (χ1) is 12.7. The first-order valence-electron chi connectivity index (χ1n) is 9.37. The predicted molar refractivity (Wildman–Crippen MR) is 101 cm³/mol. The zero-order chi connectivity index (χ0) is 18.0. The maximum atomic E-state index is 12.6. The van der Waals surface area contributed by atoms with Crippen molar-refractivity contribution in [3.05, 3.63) is 71.3 Å². The van der Waals surface area contributed by atoms with Crippen LogP contribution in [0.1, 0.15) is 47.2 Å². The Morgan fingerprint density at radius 2 is 1.88 bits per heavy atom. The number of carbonyl (C=O) groups is 2. The molecule has 0 atom stereocenters. The highest BCUT2D eigenvalue weighted by molar-refractivity contribution is 5.94.